The van der Waals surface area contributed by atoms with Gasteiger partial charge in [-0.1, -0.05) is 20.3 Å². The van der Waals surface area contributed by atoms with Crippen LogP contribution in [0.4, 0.5) is 5.69 Å². The van der Waals surface area contributed by atoms with Crippen LogP contribution in [-0.4, -0.2) is 27.3 Å². The van der Waals surface area contributed by atoms with Gasteiger partial charge in [-0.2, -0.15) is 0 Å². The summed E-state index contributed by atoms with van der Waals surface area (Å²) in [7, 11) is 5.48. The highest BCUT2D eigenvalue weighted by Gasteiger charge is 2.14. The third-order valence-corrected chi connectivity index (χ3v) is 3.42. The van der Waals surface area contributed by atoms with Crippen molar-refractivity contribution in [3.8, 4) is 11.5 Å². The van der Waals surface area contributed by atoms with Crippen LogP contribution >= 0.6 is 0 Å². The molecule has 0 aliphatic rings. The van der Waals surface area contributed by atoms with E-state index in [1.165, 1.54) is 18.5 Å². The highest BCUT2D eigenvalue weighted by Crippen LogP contribution is 2.32. The number of hydrogen-bond donors (Lipinski definition) is 0. The van der Waals surface area contributed by atoms with E-state index in [0.29, 0.717) is 6.04 Å². The Morgan fingerprint density at radius 2 is 1.78 bits per heavy atom. The van der Waals surface area contributed by atoms with Gasteiger partial charge >= 0.3 is 0 Å². The summed E-state index contributed by atoms with van der Waals surface area (Å²) in [4.78, 5) is 2.32. The number of benzene rings is 1. The molecule has 0 N–H and O–H groups in total. The standard InChI is InChI=1S/C15H25NO2/c1-6-8-12(7-2)16(3)13-9-10-14(17-4)15(11-13)18-5/h9-12H,6-8H2,1-5H3. The van der Waals surface area contributed by atoms with Crippen LogP contribution < -0.4 is 14.4 Å². The number of methoxy groups -OCH3 is 2. The summed E-state index contributed by atoms with van der Waals surface area (Å²) >= 11 is 0. The summed E-state index contributed by atoms with van der Waals surface area (Å²) in [6.45, 7) is 4.46. The van der Waals surface area contributed by atoms with Crippen molar-refractivity contribution in [2.45, 2.75) is 39.2 Å². The van der Waals surface area contributed by atoms with Gasteiger partial charge < -0.3 is 14.4 Å². The lowest BCUT2D eigenvalue weighted by Crippen LogP contribution is -2.30. The van der Waals surface area contributed by atoms with E-state index in [1.807, 2.05) is 12.1 Å². The van der Waals surface area contributed by atoms with Crippen molar-refractivity contribution < 1.29 is 9.47 Å². The molecule has 1 atom stereocenters. The molecule has 102 valence electrons. The highest BCUT2D eigenvalue weighted by atomic mass is 16.5. The van der Waals surface area contributed by atoms with Crippen molar-refractivity contribution in [3.05, 3.63) is 18.2 Å². The quantitative estimate of drug-likeness (QED) is 0.737. The minimum Gasteiger partial charge on any atom is -0.493 e. The van der Waals surface area contributed by atoms with Gasteiger partial charge in [0.05, 0.1) is 14.2 Å². The van der Waals surface area contributed by atoms with Gasteiger partial charge in [-0.25, -0.2) is 0 Å². The molecule has 1 unspecified atom stereocenters. The fraction of sp³-hybridized carbons (Fsp3) is 0.600. The maximum atomic E-state index is 5.35. The summed E-state index contributed by atoms with van der Waals surface area (Å²) in [5.74, 6) is 1.56. The Hall–Kier alpha value is -1.38. The molecule has 0 heterocycles. The van der Waals surface area contributed by atoms with Gasteiger partial charge in [-0.3, -0.25) is 0 Å². The maximum Gasteiger partial charge on any atom is 0.162 e. The van der Waals surface area contributed by atoms with Gasteiger partial charge in [0.25, 0.3) is 0 Å². The predicted molar refractivity (Wildman–Crippen MR) is 76.9 cm³/mol. The Labute approximate surface area is 111 Å². The molecule has 0 aliphatic heterocycles. The molecule has 1 rings (SSSR count). The van der Waals surface area contributed by atoms with E-state index in [9.17, 15) is 0 Å². The summed E-state index contributed by atoms with van der Waals surface area (Å²) in [6.07, 6.45) is 3.57. The van der Waals surface area contributed by atoms with Crippen molar-refractivity contribution in [1.29, 1.82) is 0 Å². The van der Waals surface area contributed by atoms with Crippen molar-refractivity contribution in [2.75, 3.05) is 26.2 Å². The molecule has 1 aromatic carbocycles. The molecule has 3 nitrogen and oxygen atoms in total. The molecule has 0 saturated carbocycles. The van der Waals surface area contributed by atoms with Crippen molar-refractivity contribution >= 4 is 5.69 Å². The Morgan fingerprint density at radius 3 is 2.28 bits per heavy atom. The third kappa shape index (κ3) is 3.31. The summed E-state index contributed by atoms with van der Waals surface area (Å²) in [5.41, 5.74) is 1.17. The number of hydrogen-bond acceptors (Lipinski definition) is 3. The normalized spacial score (nSPS) is 12.1. The molecule has 0 aromatic heterocycles. The first-order chi connectivity index (χ1) is 8.67. The first-order valence-electron chi connectivity index (χ1n) is 6.62. The number of rotatable bonds is 7. The second-order valence-electron chi connectivity index (χ2n) is 4.50. The molecule has 0 saturated heterocycles. The van der Waals surface area contributed by atoms with E-state index >= 15 is 0 Å². The lowest BCUT2D eigenvalue weighted by Gasteiger charge is -2.29. The Balaban J connectivity index is 2.94. The molecule has 0 fully saturated rings. The first-order valence-corrected chi connectivity index (χ1v) is 6.62. The fourth-order valence-corrected chi connectivity index (χ4v) is 2.26. The zero-order chi connectivity index (χ0) is 13.5. The van der Waals surface area contributed by atoms with Crippen molar-refractivity contribution in [3.63, 3.8) is 0 Å². The molecule has 1 aromatic rings. The van der Waals surface area contributed by atoms with Crippen LogP contribution in [0.15, 0.2) is 18.2 Å². The van der Waals surface area contributed by atoms with Crippen LogP contribution in [0.5, 0.6) is 11.5 Å². The second kappa shape index (κ2) is 7.14. The Morgan fingerprint density at radius 1 is 1.11 bits per heavy atom. The molecule has 0 bridgehead atoms. The maximum absolute atomic E-state index is 5.35. The van der Waals surface area contributed by atoms with Gasteiger partial charge in [0, 0.05) is 24.8 Å². The third-order valence-electron chi connectivity index (χ3n) is 3.42. The number of nitrogens with zero attached hydrogens (tertiary/aromatic N) is 1. The fourth-order valence-electron chi connectivity index (χ4n) is 2.26. The summed E-state index contributed by atoms with van der Waals surface area (Å²) in [6, 6.07) is 6.66. The first kappa shape index (κ1) is 14.7. The van der Waals surface area contributed by atoms with E-state index in [2.05, 4.69) is 31.9 Å². The molecule has 0 spiro atoms. The van der Waals surface area contributed by atoms with E-state index in [0.717, 1.165) is 17.9 Å². The summed E-state index contributed by atoms with van der Waals surface area (Å²) < 4.78 is 10.6. The molecule has 18 heavy (non-hydrogen) atoms. The molecular formula is C15H25NO2. The van der Waals surface area contributed by atoms with Gasteiger partial charge in [-0.05, 0) is 25.0 Å². The highest BCUT2D eigenvalue weighted by molar-refractivity contribution is 5.56. The lowest BCUT2D eigenvalue weighted by atomic mass is 10.1. The SMILES string of the molecule is CCCC(CC)N(C)c1ccc(OC)c(OC)c1. The van der Waals surface area contributed by atoms with Gasteiger partial charge in [0.15, 0.2) is 11.5 Å². The van der Waals surface area contributed by atoms with Crippen LogP contribution in [0.25, 0.3) is 0 Å². The smallest absolute Gasteiger partial charge is 0.162 e. The van der Waals surface area contributed by atoms with Crippen LogP contribution in [0.1, 0.15) is 33.1 Å². The zero-order valence-electron chi connectivity index (χ0n) is 12.2. The van der Waals surface area contributed by atoms with Gasteiger partial charge in [0.2, 0.25) is 0 Å². The van der Waals surface area contributed by atoms with Crippen molar-refractivity contribution in [2.24, 2.45) is 0 Å². The topological polar surface area (TPSA) is 21.7 Å². The average molecular weight is 251 g/mol. The Kier molecular flexibility index (Phi) is 5.83. The Bertz CT molecular complexity index is 366. The van der Waals surface area contributed by atoms with Crippen LogP contribution in [-0.2, 0) is 0 Å². The minimum absolute atomic E-state index is 0.577. The van der Waals surface area contributed by atoms with E-state index in [4.69, 9.17) is 9.47 Å². The van der Waals surface area contributed by atoms with E-state index in [-0.39, 0.29) is 0 Å². The summed E-state index contributed by atoms with van der Waals surface area (Å²) in [5, 5.41) is 0. The average Bonchev–Trinajstić information content (AvgIpc) is 2.43. The molecule has 0 radical (unpaired) electrons. The van der Waals surface area contributed by atoms with E-state index in [1.54, 1.807) is 14.2 Å². The van der Waals surface area contributed by atoms with Crippen LogP contribution in [0.2, 0.25) is 0 Å². The van der Waals surface area contributed by atoms with Gasteiger partial charge in [-0.15, -0.1) is 0 Å². The van der Waals surface area contributed by atoms with E-state index < -0.39 is 0 Å². The van der Waals surface area contributed by atoms with Crippen LogP contribution in [0, 0.1) is 0 Å². The number of anilines is 1. The van der Waals surface area contributed by atoms with Crippen LogP contribution in [0.3, 0.4) is 0 Å². The van der Waals surface area contributed by atoms with Gasteiger partial charge in [0.1, 0.15) is 0 Å². The molecular weight excluding hydrogens is 226 g/mol. The molecule has 0 aliphatic carbocycles. The largest absolute Gasteiger partial charge is 0.493 e. The predicted octanol–water partition coefficient (Wildman–Crippen LogP) is 3.72. The molecule has 0 amide bonds. The lowest BCUT2D eigenvalue weighted by molar-refractivity contribution is 0.355. The minimum atomic E-state index is 0.577. The monoisotopic (exact) mass is 251 g/mol. The zero-order valence-corrected chi connectivity index (χ0v) is 12.2. The molecule has 3 heteroatoms. The number of ether oxygens (including phenoxy) is 2. The second-order valence-corrected chi connectivity index (χ2v) is 4.50. The van der Waals surface area contributed by atoms with Crippen molar-refractivity contribution in [1.82, 2.24) is 0 Å².